The Labute approximate surface area is 95.1 Å². The molecule has 2 heteroatoms. The summed E-state index contributed by atoms with van der Waals surface area (Å²) in [6.45, 7) is 0. The fraction of sp³-hybridized carbons (Fsp3) is 0.0714. The van der Waals surface area contributed by atoms with Crippen molar-refractivity contribution in [3.05, 3.63) is 59.9 Å². The molecular formula is C14H12N2. The molecule has 0 fully saturated rings. The van der Waals surface area contributed by atoms with Gasteiger partial charge in [-0.15, -0.1) is 0 Å². The van der Waals surface area contributed by atoms with E-state index < -0.39 is 0 Å². The van der Waals surface area contributed by atoms with Gasteiger partial charge in [0.2, 0.25) is 0 Å². The maximum absolute atomic E-state index is 5.66. The third kappa shape index (κ3) is 2.86. The predicted octanol–water partition coefficient (Wildman–Crippen LogP) is 2.26. The second-order valence-electron chi connectivity index (χ2n) is 3.47. The number of hydrogen-bond acceptors (Lipinski definition) is 2. The van der Waals surface area contributed by atoms with Crippen molar-refractivity contribution >= 4 is 5.69 Å². The van der Waals surface area contributed by atoms with E-state index in [9.17, 15) is 0 Å². The quantitative estimate of drug-likeness (QED) is 0.576. The lowest BCUT2D eigenvalue weighted by molar-refractivity contribution is 1.21. The van der Waals surface area contributed by atoms with Gasteiger partial charge in [0, 0.05) is 30.1 Å². The molecule has 0 saturated carbocycles. The molecule has 0 atom stereocenters. The Morgan fingerprint density at radius 1 is 1.19 bits per heavy atom. The Bertz CT molecular complexity index is 521. The van der Waals surface area contributed by atoms with Crippen LogP contribution in [0.1, 0.15) is 11.1 Å². The maximum Gasteiger partial charge on any atom is 0.0359 e. The van der Waals surface area contributed by atoms with Crippen LogP contribution in [0, 0.1) is 11.8 Å². The molecule has 0 saturated heterocycles. The van der Waals surface area contributed by atoms with Crippen LogP contribution in [0.15, 0.2) is 48.8 Å². The Morgan fingerprint density at radius 3 is 2.88 bits per heavy atom. The molecule has 2 nitrogen and oxygen atoms in total. The van der Waals surface area contributed by atoms with E-state index in [0.29, 0.717) is 6.42 Å². The normalized spacial score (nSPS) is 9.25. The molecule has 0 amide bonds. The first-order chi connectivity index (χ1) is 7.84. The third-order valence-electron chi connectivity index (χ3n) is 2.13. The number of nitrogen functional groups attached to an aromatic ring is 1. The average molecular weight is 208 g/mol. The molecule has 0 radical (unpaired) electrons. The molecule has 1 heterocycles. The molecule has 1 aromatic carbocycles. The van der Waals surface area contributed by atoms with Crippen LogP contribution in [0.25, 0.3) is 0 Å². The molecular weight excluding hydrogens is 196 g/mol. The van der Waals surface area contributed by atoms with E-state index in [2.05, 4.69) is 16.8 Å². The molecule has 78 valence electrons. The van der Waals surface area contributed by atoms with E-state index >= 15 is 0 Å². The summed E-state index contributed by atoms with van der Waals surface area (Å²) in [7, 11) is 0. The molecule has 0 aliphatic rings. The summed E-state index contributed by atoms with van der Waals surface area (Å²) in [6, 6.07) is 11.5. The lowest BCUT2D eigenvalue weighted by atomic mass is 10.2. The van der Waals surface area contributed by atoms with Crippen molar-refractivity contribution in [2.75, 3.05) is 5.73 Å². The Morgan fingerprint density at radius 2 is 2.12 bits per heavy atom. The topological polar surface area (TPSA) is 38.9 Å². The Kier molecular flexibility index (Phi) is 3.20. The van der Waals surface area contributed by atoms with Crippen LogP contribution in [-0.2, 0) is 6.42 Å². The lowest BCUT2D eigenvalue weighted by Gasteiger charge is -1.93. The van der Waals surface area contributed by atoms with E-state index in [4.69, 9.17) is 5.73 Å². The summed E-state index contributed by atoms with van der Waals surface area (Å²) in [5.41, 5.74) is 8.48. The number of nitrogens with zero attached hydrogens (tertiary/aromatic N) is 1. The fourth-order valence-corrected chi connectivity index (χ4v) is 1.37. The van der Waals surface area contributed by atoms with E-state index in [1.54, 1.807) is 6.20 Å². The number of pyridine rings is 1. The monoisotopic (exact) mass is 208 g/mol. The molecule has 16 heavy (non-hydrogen) atoms. The van der Waals surface area contributed by atoms with E-state index in [-0.39, 0.29) is 0 Å². The Balaban J connectivity index is 2.06. The van der Waals surface area contributed by atoms with Crippen molar-refractivity contribution in [3.63, 3.8) is 0 Å². The van der Waals surface area contributed by atoms with Crippen LogP contribution in [-0.4, -0.2) is 4.98 Å². The average Bonchev–Trinajstić information content (AvgIpc) is 2.30. The molecule has 2 aromatic rings. The highest BCUT2D eigenvalue weighted by Gasteiger charge is 1.88. The summed E-state index contributed by atoms with van der Waals surface area (Å²) < 4.78 is 0. The Hall–Kier alpha value is -2.27. The fourth-order valence-electron chi connectivity index (χ4n) is 1.37. The third-order valence-corrected chi connectivity index (χ3v) is 2.13. The predicted molar refractivity (Wildman–Crippen MR) is 65.7 cm³/mol. The summed E-state index contributed by atoms with van der Waals surface area (Å²) in [5.74, 6) is 6.18. The number of aromatic nitrogens is 1. The minimum atomic E-state index is 0.711. The number of nitrogens with two attached hydrogens (primary N) is 1. The van der Waals surface area contributed by atoms with Crippen molar-refractivity contribution in [1.82, 2.24) is 4.98 Å². The highest BCUT2D eigenvalue weighted by molar-refractivity contribution is 5.47. The van der Waals surface area contributed by atoms with Gasteiger partial charge in [-0.1, -0.05) is 24.0 Å². The summed E-state index contributed by atoms with van der Waals surface area (Å²) in [4.78, 5) is 4.04. The largest absolute Gasteiger partial charge is 0.399 e. The van der Waals surface area contributed by atoms with Gasteiger partial charge in [0.05, 0.1) is 0 Å². The number of hydrogen-bond donors (Lipinski definition) is 1. The van der Waals surface area contributed by atoms with Gasteiger partial charge >= 0.3 is 0 Å². The minimum Gasteiger partial charge on any atom is -0.399 e. The van der Waals surface area contributed by atoms with Crippen LogP contribution in [0.5, 0.6) is 0 Å². The van der Waals surface area contributed by atoms with Crippen molar-refractivity contribution in [2.24, 2.45) is 0 Å². The minimum absolute atomic E-state index is 0.711. The van der Waals surface area contributed by atoms with Crippen LogP contribution in [0.4, 0.5) is 5.69 Å². The SMILES string of the molecule is Nc1cccc(C#CCc2cccnc2)c1. The van der Waals surface area contributed by atoms with Gasteiger partial charge in [-0.3, -0.25) is 4.98 Å². The molecule has 0 aliphatic carbocycles. The van der Waals surface area contributed by atoms with Gasteiger partial charge in [0.1, 0.15) is 0 Å². The zero-order chi connectivity index (χ0) is 11.2. The lowest BCUT2D eigenvalue weighted by Crippen LogP contribution is -1.85. The van der Waals surface area contributed by atoms with E-state index in [0.717, 1.165) is 16.8 Å². The van der Waals surface area contributed by atoms with Gasteiger partial charge < -0.3 is 5.73 Å². The van der Waals surface area contributed by atoms with Gasteiger partial charge in [-0.25, -0.2) is 0 Å². The highest BCUT2D eigenvalue weighted by atomic mass is 14.6. The van der Waals surface area contributed by atoms with Crippen molar-refractivity contribution in [1.29, 1.82) is 0 Å². The maximum atomic E-state index is 5.66. The zero-order valence-electron chi connectivity index (χ0n) is 8.85. The van der Waals surface area contributed by atoms with Crippen LogP contribution in [0.3, 0.4) is 0 Å². The molecule has 2 rings (SSSR count). The molecule has 1 aromatic heterocycles. The first-order valence-electron chi connectivity index (χ1n) is 5.08. The summed E-state index contributed by atoms with van der Waals surface area (Å²) >= 11 is 0. The molecule has 0 spiro atoms. The number of anilines is 1. The highest BCUT2D eigenvalue weighted by Crippen LogP contribution is 2.04. The number of rotatable bonds is 1. The number of benzene rings is 1. The zero-order valence-corrected chi connectivity index (χ0v) is 8.85. The standard InChI is InChI=1S/C14H12N2/c15-14-8-2-5-12(10-14)4-1-6-13-7-3-9-16-11-13/h2-3,5,7-11H,6,15H2. The van der Waals surface area contributed by atoms with Crippen LogP contribution >= 0.6 is 0 Å². The van der Waals surface area contributed by atoms with Crippen molar-refractivity contribution < 1.29 is 0 Å². The molecule has 0 unspecified atom stereocenters. The van der Waals surface area contributed by atoms with Gasteiger partial charge in [-0.2, -0.15) is 0 Å². The molecule has 2 N–H and O–H groups in total. The second-order valence-corrected chi connectivity index (χ2v) is 3.47. The molecule has 0 aliphatic heterocycles. The van der Waals surface area contributed by atoms with Crippen LogP contribution in [0.2, 0.25) is 0 Å². The smallest absolute Gasteiger partial charge is 0.0359 e. The van der Waals surface area contributed by atoms with E-state index in [1.807, 2.05) is 42.6 Å². The van der Waals surface area contributed by atoms with Crippen molar-refractivity contribution in [3.8, 4) is 11.8 Å². The first-order valence-corrected chi connectivity index (χ1v) is 5.08. The summed E-state index contributed by atoms with van der Waals surface area (Å²) in [5, 5.41) is 0. The second kappa shape index (κ2) is 4.99. The van der Waals surface area contributed by atoms with Crippen molar-refractivity contribution in [2.45, 2.75) is 6.42 Å². The first kappa shape index (κ1) is 10.3. The van der Waals surface area contributed by atoms with Gasteiger partial charge in [0.15, 0.2) is 0 Å². The van der Waals surface area contributed by atoms with E-state index in [1.165, 1.54) is 0 Å². The molecule has 0 bridgehead atoms. The van der Waals surface area contributed by atoms with Gasteiger partial charge in [0.25, 0.3) is 0 Å². The summed E-state index contributed by atoms with van der Waals surface area (Å²) in [6.07, 6.45) is 4.30. The van der Waals surface area contributed by atoms with Gasteiger partial charge in [-0.05, 0) is 29.8 Å². The van der Waals surface area contributed by atoms with Crippen LogP contribution < -0.4 is 5.73 Å².